The quantitative estimate of drug-likeness (QED) is 0.415. The molecule has 0 saturated carbocycles. The van der Waals surface area contributed by atoms with E-state index in [-0.39, 0.29) is 20.7 Å². The monoisotopic (exact) mass is 505 g/mol. The number of sulfonamides is 1. The Balaban J connectivity index is 2.24. The summed E-state index contributed by atoms with van der Waals surface area (Å²) in [5, 5.41) is 6.74. The maximum Gasteiger partial charge on any atom is 0.334 e. The lowest BCUT2D eigenvalue weighted by Crippen LogP contribution is -2.34. The summed E-state index contributed by atoms with van der Waals surface area (Å²) < 4.78 is 55.8. The molecule has 0 bridgehead atoms. The van der Waals surface area contributed by atoms with Crippen molar-refractivity contribution in [2.45, 2.75) is 22.4 Å². The standard InChI is InChI=1S/C17H23N5O7S3/c1-10-7-15(30-12(10)5-6-29-3)32(27,28)22-17(24)21-14-9-11(31(4,25)26)8-13(19-14)20-16(23)18-2/h7-9H,5-6H2,1-4H3,(H4,18,19,20,21,22,23,24). The lowest BCUT2D eigenvalue weighted by atomic mass is 10.2. The fourth-order valence-electron chi connectivity index (χ4n) is 2.40. The maximum absolute atomic E-state index is 12.6. The highest BCUT2D eigenvalue weighted by atomic mass is 32.2. The van der Waals surface area contributed by atoms with Crippen molar-refractivity contribution in [3.63, 3.8) is 0 Å². The number of aryl methyl sites for hydroxylation is 1. The lowest BCUT2D eigenvalue weighted by molar-refractivity contribution is 0.203. The second-order valence-corrected chi connectivity index (χ2v) is 11.6. The third-order valence-corrected chi connectivity index (χ3v) is 8.15. The summed E-state index contributed by atoms with van der Waals surface area (Å²) in [5.41, 5.74) is 0.750. The van der Waals surface area contributed by atoms with Gasteiger partial charge in [-0.1, -0.05) is 0 Å². The van der Waals surface area contributed by atoms with Gasteiger partial charge in [0, 0.05) is 31.7 Å². The molecule has 0 spiro atoms. The molecule has 2 aromatic heterocycles. The Morgan fingerprint density at radius 3 is 2.19 bits per heavy atom. The first-order valence-corrected chi connectivity index (χ1v) is 13.2. The van der Waals surface area contributed by atoms with Gasteiger partial charge in [0.1, 0.15) is 15.8 Å². The molecular formula is C17H23N5O7S3. The Hall–Kier alpha value is -2.75. The summed E-state index contributed by atoms with van der Waals surface area (Å²) in [4.78, 5) is 28.3. The molecular weight excluding hydrogens is 482 g/mol. The van der Waals surface area contributed by atoms with Gasteiger partial charge in [0.05, 0.1) is 11.5 Å². The molecule has 176 valence electrons. The summed E-state index contributed by atoms with van der Waals surface area (Å²) in [5.74, 6) is -0.447. The van der Waals surface area contributed by atoms with Crippen molar-refractivity contribution < 1.29 is 31.2 Å². The van der Waals surface area contributed by atoms with Crippen molar-refractivity contribution in [2.24, 2.45) is 0 Å². The zero-order valence-electron chi connectivity index (χ0n) is 17.7. The first kappa shape index (κ1) is 25.5. The molecule has 4 amide bonds. The number of ether oxygens (including phenoxy) is 1. The minimum absolute atomic E-state index is 0.0592. The molecule has 12 nitrogen and oxygen atoms in total. The van der Waals surface area contributed by atoms with Gasteiger partial charge in [0.25, 0.3) is 10.0 Å². The molecule has 0 aliphatic heterocycles. The topological polar surface area (TPSA) is 173 Å². The van der Waals surface area contributed by atoms with Crippen molar-refractivity contribution in [3.05, 3.63) is 28.6 Å². The number of sulfone groups is 1. The molecule has 0 radical (unpaired) electrons. The number of nitrogens with zero attached hydrogens (tertiary/aromatic N) is 1. The second kappa shape index (κ2) is 10.2. The molecule has 0 aliphatic rings. The van der Waals surface area contributed by atoms with E-state index in [4.69, 9.17) is 4.74 Å². The average Bonchev–Trinajstić information content (AvgIpc) is 3.06. The molecule has 0 atom stereocenters. The van der Waals surface area contributed by atoms with Crippen LogP contribution >= 0.6 is 11.3 Å². The van der Waals surface area contributed by atoms with Crippen LogP contribution in [0.1, 0.15) is 10.4 Å². The van der Waals surface area contributed by atoms with Crippen molar-refractivity contribution in [1.82, 2.24) is 15.0 Å². The number of thiophene rings is 1. The number of hydrogen-bond donors (Lipinski definition) is 4. The van der Waals surface area contributed by atoms with E-state index in [2.05, 4.69) is 20.9 Å². The fourth-order valence-corrected chi connectivity index (χ4v) is 5.53. The zero-order valence-corrected chi connectivity index (χ0v) is 20.1. The van der Waals surface area contributed by atoms with Crippen molar-refractivity contribution in [3.8, 4) is 0 Å². The van der Waals surface area contributed by atoms with Gasteiger partial charge in [-0.15, -0.1) is 11.3 Å². The minimum Gasteiger partial charge on any atom is -0.384 e. The molecule has 2 aromatic rings. The molecule has 0 aromatic carbocycles. The number of aromatic nitrogens is 1. The molecule has 0 aliphatic carbocycles. The van der Waals surface area contributed by atoms with E-state index in [1.807, 2.05) is 4.72 Å². The number of rotatable bonds is 8. The number of anilines is 2. The molecule has 4 N–H and O–H groups in total. The van der Waals surface area contributed by atoms with Gasteiger partial charge >= 0.3 is 12.1 Å². The minimum atomic E-state index is -4.19. The fraction of sp³-hybridized carbons (Fsp3) is 0.353. The van der Waals surface area contributed by atoms with Gasteiger partial charge in [-0.25, -0.2) is 36.1 Å². The molecule has 2 heterocycles. The summed E-state index contributed by atoms with van der Waals surface area (Å²) in [6, 6.07) is 1.76. The average molecular weight is 506 g/mol. The number of methoxy groups -OCH3 is 1. The van der Waals surface area contributed by atoms with Gasteiger partial charge in [-0.2, -0.15) is 0 Å². The van der Waals surface area contributed by atoms with Crippen LogP contribution in [-0.2, 0) is 31.0 Å². The predicted molar refractivity (Wildman–Crippen MR) is 119 cm³/mol. The highest BCUT2D eigenvalue weighted by Crippen LogP contribution is 2.26. The Bertz CT molecular complexity index is 1220. The Kier molecular flexibility index (Phi) is 8.17. The largest absolute Gasteiger partial charge is 0.384 e. The number of urea groups is 2. The lowest BCUT2D eigenvalue weighted by Gasteiger charge is -2.11. The maximum atomic E-state index is 12.6. The van der Waals surface area contributed by atoms with Crippen LogP contribution in [-0.4, -0.2) is 60.9 Å². The van der Waals surface area contributed by atoms with Crippen molar-refractivity contribution in [1.29, 1.82) is 0 Å². The van der Waals surface area contributed by atoms with E-state index < -0.39 is 31.9 Å². The number of carbonyl (C=O) groups excluding carboxylic acids is 2. The van der Waals surface area contributed by atoms with Crippen molar-refractivity contribution in [2.75, 3.05) is 37.7 Å². The molecule has 15 heteroatoms. The zero-order chi connectivity index (χ0) is 24.1. The summed E-state index contributed by atoms with van der Waals surface area (Å²) in [6.45, 7) is 2.17. The highest BCUT2D eigenvalue weighted by Gasteiger charge is 2.22. The third-order valence-electron chi connectivity index (χ3n) is 3.96. The predicted octanol–water partition coefficient (Wildman–Crippen LogP) is 1.31. The summed E-state index contributed by atoms with van der Waals surface area (Å²) >= 11 is 1.01. The van der Waals surface area contributed by atoms with E-state index >= 15 is 0 Å². The normalized spacial score (nSPS) is 11.6. The first-order chi connectivity index (χ1) is 14.9. The van der Waals surface area contributed by atoms with E-state index in [1.54, 1.807) is 6.92 Å². The van der Waals surface area contributed by atoms with Crippen LogP contribution in [0, 0.1) is 6.92 Å². The first-order valence-electron chi connectivity index (χ1n) is 8.98. The number of pyridine rings is 1. The smallest absolute Gasteiger partial charge is 0.334 e. The number of carbonyl (C=O) groups is 2. The van der Waals surface area contributed by atoms with Gasteiger partial charge in [0.2, 0.25) is 0 Å². The Morgan fingerprint density at radius 1 is 1.06 bits per heavy atom. The van der Waals surface area contributed by atoms with Gasteiger partial charge < -0.3 is 10.1 Å². The SMILES string of the molecule is CNC(=O)Nc1cc(S(C)(=O)=O)cc(NC(=O)NS(=O)(=O)c2cc(C)c(CCOC)s2)n1. The number of amides is 4. The molecule has 2 rings (SSSR count). The Morgan fingerprint density at radius 2 is 1.66 bits per heavy atom. The van der Waals surface area contributed by atoms with Crippen LogP contribution in [0.4, 0.5) is 21.2 Å². The van der Waals surface area contributed by atoms with Crippen LogP contribution in [0.3, 0.4) is 0 Å². The number of nitrogens with one attached hydrogen (secondary N) is 4. The van der Waals surface area contributed by atoms with Crippen LogP contribution < -0.4 is 20.7 Å². The molecule has 0 fully saturated rings. The van der Waals surface area contributed by atoms with Crippen LogP contribution in [0.2, 0.25) is 0 Å². The molecule has 32 heavy (non-hydrogen) atoms. The van der Waals surface area contributed by atoms with Gasteiger partial charge in [-0.3, -0.25) is 10.6 Å². The van der Waals surface area contributed by atoms with Crippen LogP contribution in [0.25, 0.3) is 0 Å². The van der Waals surface area contributed by atoms with Crippen LogP contribution in [0.5, 0.6) is 0 Å². The Labute approximate surface area is 189 Å². The highest BCUT2D eigenvalue weighted by molar-refractivity contribution is 7.92. The van der Waals surface area contributed by atoms with E-state index in [0.29, 0.717) is 13.0 Å². The summed E-state index contributed by atoms with van der Waals surface area (Å²) in [6.07, 6.45) is 1.46. The second-order valence-electron chi connectivity index (χ2n) is 6.52. The third kappa shape index (κ3) is 6.88. The van der Waals surface area contributed by atoms with E-state index in [0.717, 1.165) is 40.2 Å². The van der Waals surface area contributed by atoms with E-state index in [1.165, 1.54) is 20.2 Å². The van der Waals surface area contributed by atoms with E-state index in [9.17, 15) is 26.4 Å². The van der Waals surface area contributed by atoms with Gasteiger partial charge in [0.15, 0.2) is 9.84 Å². The van der Waals surface area contributed by atoms with Crippen LogP contribution in [0.15, 0.2) is 27.3 Å². The molecule has 0 unspecified atom stereocenters. The number of hydrogen-bond acceptors (Lipinski definition) is 9. The summed E-state index contributed by atoms with van der Waals surface area (Å²) in [7, 11) is -5.03. The molecule has 0 saturated heterocycles. The van der Waals surface area contributed by atoms with Crippen molar-refractivity contribution >= 4 is 54.9 Å². The van der Waals surface area contributed by atoms with Gasteiger partial charge in [-0.05, 0) is 30.7 Å².